The lowest BCUT2D eigenvalue weighted by atomic mass is 9.86. The van der Waals surface area contributed by atoms with Crippen LogP contribution in [-0.2, 0) is 0 Å². The highest BCUT2D eigenvalue weighted by Crippen LogP contribution is 2.28. The molecule has 1 saturated carbocycles. The van der Waals surface area contributed by atoms with Crippen LogP contribution in [0.5, 0.6) is 0 Å². The predicted octanol–water partition coefficient (Wildman–Crippen LogP) is 3.91. The van der Waals surface area contributed by atoms with Crippen LogP contribution in [-0.4, -0.2) is 22.6 Å². The molecular weight excluding hydrogens is 248 g/mol. The highest BCUT2D eigenvalue weighted by molar-refractivity contribution is 5.57. The molecule has 1 aliphatic rings. The maximum absolute atomic E-state index is 4.61. The van der Waals surface area contributed by atoms with E-state index in [0.717, 1.165) is 41.9 Å². The van der Waals surface area contributed by atoms with Gasteiger partial charge in [0.15, 0.2) is 0 Å². The molecule has 1 aromatic rings. The molecule has 112 valence electrons. The summed E-state index contributed by atoms with van der Waals surface area (Å²) in [6.07, 6.45) is 6.37. The van der Waals surface area contributed by atoms with E-state index in [1.54, 1.807) is 0 Å². The first-order valence-electron chi connectivity index (χ1n) is 7.97. The number of anilines is 2. The molecule has 1 heterocycles. The highest BCUT2D eigenvalue weighted by atomic mass is 15.1. The van der Waals surface area contributed by atoms with E-state index in [0.29, 0.717) is 6.04 Å². The zero-order chi connectivity index (χ0) is 14.5. The molecule has 1 aromatic heterocycles. The third kappa shape index (κ3) is 3.62. The van der Waals surface area contributed by atoms with Crippen molar-refractivity contribution in [1.29, 1.82) is 0 Å². The van der Waals surface area contributed by atoms with Crippen molar-refractivity contribution < 1.29 is 0 Å². The van der Waals surface area contributed by atoms with Crippen LogP contribution in [0.25, 0.3) is 0 Å². The molecule has 2 rings (SSSR count). The summed E-state index contributed by atoms with van der Waals surface area (Å²) in [4.78, 5) is 9.13. The summed E-state index contributed by atoms with van der Waals surface area (Å²) in [5, 5.41) is 7.07. The van der Waals surface area contributed by atoms with E-state index in [2.05, 4.69) is 41.4 Å². The normalized spacial score (nSPS) is 22.6. The Bertz CT molecular complexity index is 444. The van der Waals surface area contributed by atoms with Gasteiger partial charge >= 0.3 is 0 Å². The van der Waals surface area contributed by atoms with Crippen LogP contribution in [0.15, 0.2) is 0 Å². The summed E-state index contributed by atoms with van der Waals surface area (Å²) < 4.78 is 0. The molecule has 0 radical (unpaired) electrons. The van der Waals surface area contributed by atoms with Gasteiger partial charge in [-0.2, -0.15) is 0 Å². The van der Waals surface area contributed by atoms with Crippen molar-refractivity contribution in [2.24, 2.45) is 5.92 Å². The van der Waals surface area contributed by atoms with Crippen LogP contribution in [0, 0.1) is 19.8 Å². The molecule has 4 nitrogen and oxygen atoms in total. The summed E-state index contributed by atoms with van der Waals surface area (Å²) in [6, 6.07) is 0.552. The van der Waals surface area contributed by atoms with Gasteiger partial charge in [-0.05, 0) is 39.0 Å². The van der Waals surface area contributed by atoms with Gasteiger partial charge in [-0.3, -0.25) is 0 Å². The number of nitrogens with zero attached hydrogens (tertiary/aromatic N) is 2. The summed E-state index contributed by atoms with van der Waals surface area (Å²) in [5.74, 6) is 3.55. The first-order valence-corrected chi connectivity index (χ1v) is 7.97. The molecule has 1 aliphatic carbocycles. The fourth-order valence-corrected chi connectivity index (χ4v) is 2.89. The summed E-state index contributed by atoms with van der Waals surface area (Å²) in [6.45, 7) is 9.53. The molecule has 0 bridgehead atoms. The molecule has 2 N–H and O–H groups in total. The number of hydrogen-bond acceptors (Lipinski definition) is 4. The lowest BCUT2D eigenvalue weighted by Gasteiger charge is -2.30. The van der Waals surface area contributed by atoms with Gasteiger partial charge in [-0.15, -0.1) is 0 Å². The molecule has 20 heavy (non-hydrogen) atoms. The Morgan fingerprint density at radius 3 is 2.50 bits per heavy atom. The Morgan fingerprint density at radius 2 is 1.80 bits per heavy atom. The molecule has 0 amide bonds. The second-order valence-corrected chi connectivity index (χ2v) is 6.03. The molecule has 0 aliphatic heterocycles. The van der Waals surface area contributed by atoms with E-state index in [4.69, 9.17) is 0 Å². The van der Waals surface area contributed by atoms with Crippen LogP contribution in [0.2, 0.25) is 0 Å². The quantitative estimate of drug-likeness (QED) is 0.856. The van der Waals surface area contributed by atoms with Gasteiger partial charge in [0.1, 0.15) is 17.5 Å². The minimum atomic E-state index is 0.552. The predicted molar refractivity (Wildman–Crippen MR) is 85.3 cm³/mol. The van der Waals surface area contributed by atoms with E-state index in [1.165, 1.54) is 25.7 Å². The highest BCUT2D eigenvalue weighted by Gasteiger charge is 2.22. The van der Waals surface area contributed by atoms with Gasteiger partial charge in [0.25, 0.3) is 0 Å². The van der Waals surface area contributed by atoms with Gasteiger partial charge in [0.05, 0.1) is 0 Å². The van der Waals surface area contributed by atoms with E-state index >= 15 is 0 Å². The standard InChI is InChI=1S/C16H28N4/c1-5-10-17-15-12(3)16(19-13(4)18-15)20-14-9-7-6-8-11(14)2/h11,14H,5-10H2,1-4H3,(H2,17,18,19,20). The Hall–Kier alpha value is -1.32. The lowest BCUT2D eigenvalue weighted by Crippen LogP contribution is -2.31. The minimum absolute atomic E-state index is 0.552. The molecule has 2 unspecified atom stereocenters. The summed E-state index contributed by atoms with van der Waals surface area (Å²) in [7, 11) is 0. The Labute approximate surface area is 122 Å². The average Bonchev–Trinajstić information content (AvgIpc) is 2.43. The third-order valence-corrected chi connectivity index (χ3v) is 4.23. The Morgan fingerprint density at radius 1 is 1.10 bits per heavy atom. The Kier molecular flexibility index (Phi) is 5.21. The monoisotopic (exact) mass is 276 g/mol. The first-order chi connectivity index (χ1) is 9.61. The van der Waals surface area contributed by atoms with Crippen molar-refractivity contribution in [2.45, 2.75) is 65.8 Å². The average molecular weight is 276 g/mol. The van der Waals surface area contributed by atoms with Crippen molar-refractivity contribution in [3.8, 4) is 0 Å². The van der Waals surface area contributed by atoms with Crippen molar-refractivity contribution in [2.75, 3.05) is 17.2 Å². The topological polar surface area (TPSA) is 49.8 Å². The molecular formula is C16H28N4. The molecule has 0 spiro atoms. The fraction of sp³-hybridized carbons (Fsp3) is 0.750. The third-order valence-electron chi connectivity index (χ3n) is 4.23. The van der Waals surface area contributed by atoms with Crippen molar-refractivity contribution in [1.82, 2.24) is 9.97 Å². The van der Waals surface area contributed by atoms with Gasteiger partial charge in [-0.25, -0.2) is 9.97 Å². The first kappa shape index (κ1) is 15.1. The summed E-state index contributed by atoms with van der Waals surface area (Å²) in [5.41, 5.74) is 1.14. The van der Waals surface area contributed by atoms with Crippen LogP contribution >= 0.6 is 0 Å². The maximum Gasteiger partial charge on any atom is 0.134 e. The van der Waals surface area contributed by atoms with Gasteiger partial charge in [0, 0.05) is 18.2 Å². The molecule has 0 aromatic carbocycles. The zero-order valence-corrected chi connectivity index (χ0v) is 13.3. The second-order valence-electron chi connectivity index (χ2n) is 6.03. The van der Waals surface area contributed by atoms with Crippen LogP contribution in [0.4, 0.5) is 11.6 Å². The van der Waals surface area contributed by atoms with E-state index < -0.39 is 0 Å². The number of aromatic nitrogens is 2. The van der Waals surface area contributed by atoms with E-state index in [-0.39, 0.29) is 0 Å². The molecule has 0 saturated heterocycles. The number of rotatable bonds is 5. The van der Waals surface area contributed by atoms with Crippen LogP contribution in [0.1, 0.15) is 57.3 Å². The zero-order valence-electron chi connectivity index (χ0n) is 13.3. The number of nitrogens with one attached hydrogen (secondary N) is 2. The van der Waals surface area contributed by atoms with Gasteiger partial charge in [0.2, 0.25) is 0 Å². The van der Waals surface area contributed by atoms with Gasteiger partial charge < -0.3 is 10.6 Å². The van der Waals surface area contributed by atoms with Crippen molar-refractivity contribution in [3.05, 3.63) is 11.4 Å². The number of hydrogen-bond donors (Lipinski definition) is 2. The second kappa shape index (κ2) is 6.91. The Balaban J connectivity index is 2.15. The van der Waals surface area contributed by atoms with Gasteiger partial charge in [-0.1, -0.05) is 26.7 Å². The molecule has 4 heteroatoms. The van der Waals surface area contributed by atoms with Crippen LogP contribution in [0.3, 0.4) is 0 Å². The molecule has 2 atom stereocenters. The van der Waals surface area contributed by atoms with Crippen molar-refractivity contribution >= 4 is 11.6 Å². The molecule has 1 fully saturated rings. The summed E-state index contributed by atoms with van der Waals surface area (Å²) >= 11 is 0. The van der Waals surface area contributed by atoms with Crippen molar-refractivity contribution in [3.63, 3.8) is 0 Å². The van der Waals surface area contributed by atoms with E-state index in [9.17, 15) is 0 Å². The lowest BCUT2D eigenvalue weighted by molar-refractivity contribution is 0.349. The minimum Gasteiger partial charge on any atom is -0.370 e. The van der Waals surface area contributed by atoms with Crippen LogP contribution < -0.4 is 10.6 Å². The fourth-order valence-electron chi connectivity index (χ4n) is 2.89. The number of aryl methyl sites for hydroxylation is 1. The largest absolute Gasteiger partial charge is 0.370 e. The maximum atomic E-state index is 4.61. The smallest absolute Gasteiger partial charge is 0.134 e. The SMILES string of the molecule is CCCNc1nc(C)nc(NC2CCCCC2C)c1C. The van der Waals surface area contributed by atoms with E-state index in [1.807, 2.05) is 6.92 Å².